The van der Waals surface area contributed by atoms with E-state index in [1.807, 2.05) is 0 Å². The third-order valence-corrected chi connectivity index (χ3v) is 1.90. The average Bonchev–Trinajstić information content (AvgIpc) is 2.63. The quantitative estimate of drug-likeness (QED) is 0.883. The fourth-order valence-corrected chi connectivity index (χ4v) is 0.975. The van der Waals surface area contributed by atoms with Crippen LogP contribution in [0.3, 0.4) is 0 Å². The van der Waals surface area contributed by atoms with Gasteiger partial charge in [0.1, 0.15) is 5.54 Å². The van der Waals surface area contributed by atoms with Crippen LogP contribution in [0.2, 0.25) is 0 Å². The van der Waals surface area contributed by atoms with Gasteiger partial charge in [-0.15, -0.1) is 0 Å². The Bertz CT molecular complexity index is 374. The van der Waals surface area contributed by atoms with Crippen molar-refractivity contribution in [3.63, 3.8) is 0 Å². The standard InChI is InChI=1S/C9H14F3N3O2/c1-5(2)16-4-8(3,13)6-14-7(17-15-6)9(10,11)12/h5H,4,13H2,1-3H3. The third kappa shape index (κ3) is 3.67. The zero-order valence-corrected chi connectivity index (χ0v) is 9.71. The highest BCUT2D eigenvalue weighted by Gasteiger charge is 2.40. The first-order valence-electron chi connectivity index (χ1n) is 4.95. The van der Waals surface area contributed by atoms with Crippen molar-refractivity contribution in [3.8, 4) is 0 Å². The van der Waals surface area contributed by atoms with Crippen LogP contribution in [0.4, 0.5) is 13.2 Å². The highest BCUT2D eigenvalue weighted by molar-refractivity contribution is 5.03. The van der Waals surface area contributed by atoms with Crippen LogP contribution in [0.5, 0.6) is 0 Å². The Balaban J connectivity index is 2.81. The molecule has 0 radical (unpaired) electrons. The summed E-state index contributed by atoms with van der Waals surface area (Å²) in [6, 6.07) is 0. The maximum Gasteiger partial charge on any atom is 0.471 e. The van der Waals surface area contributed by atoms with Crippen molar-refractivity contribution in [2.24, 2.45) is 5.73 Å². The highest BCUT2D eigenvalue weighted by Crippen LogP contribution is 2.28. The second kappa shape index (κ2) is 4.61. The molecule has 1 unspecified atom stereocenters. The number of aromatic nitrogens is 2. The predicted molar refractivity (Wildman–Crippen MR) is 51.9 cm³/mol. The molecule has 0 saturated carbocycles. The normalized spacial score (nSPS) is 16.2. The number of nitrogens with two attached hydrogens (primary N) is 1. The molecule has 0 bridgehead atoms. The number of rotatable bonds is 4. The van der Waals surface area contributed by atoms with Crippen LogP contribution in [0, 0.1) is 0 Å². The van der Waals surface area contributed by atoms with Crippen LogP contribution in [-0.2, 0) is 16.5 Å². The molecule has 0 fully saturated rings. The van der Waals surface area contributed by atoms with Gasteiger partial charge in [-0.3, -0.25) is 0 Å². The van der Waals surface area contributed by atoms with E-state index in [0.29, 0.717) is 0 Å². The Hall–Kier alpha value is -1.15. The second-order valence-electron chi connectivity index (χ2n) is 4.20. The summed E-state index contributed by atoms with van der Waals surface area (Å²) in [6.07, 6.45) is -4.76. The topological polar surface area (TPSA) is 74.2 Å². The van der Waals surface area contributed by atoms with E-state index < -0.39 is 17.6 Å². The van der Waals surface area contributed by atoms with Crippen LogP contribution >= 0.6 is 0 Å². The molecule has 0 spiro atoms. The van der Waals surface area contributed by atoms with E-state index in [-0.39, 0.29) is 18.5 Å². The van der Waals surface area contributed by atoms with Crippen molar-refractivity contribution in [2.75, 3.05) is 6.61 Å². The summed E-state index contributed by atoms with van der Waals surface area (Å²) in [7, 11) is 0. The van der Waals surface area contributed by atoms with Crippen LogP contribution in [0.1, 0.15) is 32.5 Å². The van der Waals surface area contributed by atoms with Gasteiger partial charge in [-0.1, -0.05) is 5.16 Å². The Labute approximate surface area is 96.1 Å². The fraction of sp³-hybridized carbons (Fsp3) is 0.778. The van der Waals surface area contributed by atoms with Crippen molar-refractivity contribution >= 4 is 0 Å². The van der Waals surface area contributed by atoms with Gasteiger partial charge in [-0.05, 0) is 20.8 Å². The number of hydrogen-bond donors (Lipinski definition) is 1. The van der Waals surface area contributed by atoms with Gasteiger partial charge >= 0.3 is 12.1 Å². The highest BCUT2D eigenvalue weighted by atomic mass is 19.4. The van der Waals surface area contributed by atoms with Crippen LogP contribution < -0.4 is 5.73 Å². The minimum Gasteiger partial charge on any atom is -0.376 e. The predicted octanol–water partition coefficient (Wildman–Crippen LogP) is 1.69. The van der Waals surface area contributed by atoms with E-state index in [1.54, 1.807) is 13.8 Å². The Morgan fingerprint density at radius 2 is 2.00 bits per heavy atom. The lowest BCUT2D eigenvalue weighted by Gasteiger charge is -2.21. The number of alkyl halides is 3. The fourth-order valence-electron chi connectivity index (χ4n) is 0.975. The first-order chi connectivity index (χ1) is 7.63. The van der Waals surface area contributed by atoms with E-state index >= 15 is 0 Å². The van der Waals surface area contributed by atoms with Gasteiger partial charge in [0.25, 0.3) is 0 Å². The molecule has 1 aromatic heterocycles. The van der Waals surface area contributed by atoms with Crippen LogP contribution in [0.15, 0.2) is 4.52 Å². The monoisotopic (exact) mass is 253 g/mol. The molecule has 0 saturated heterocycles. The molecule has 2 N–H and O–H groups in total. The van der Waals surface area contributed by atoms with Crippen molar-refractivity contribution in [1.82, 2.24) is 10.1 Å². The lowest BCUT2D eigenvalue weighted by atomic mass is 10.1. The molecule has 98 valence electrons. The summed E-state index contributed by atoms with van der Waals surface area (Å²) in [5.74, 6) is -1.64. The minimum absolute atomic E-state index is 0.00149. The van der Waals surface area contributed by atoms with Crippen LogP contribution in [-0.4, -0.2) is 22.9 Å². The maximum atomic E-state index is 12.2. The average molecular weight is 253 g/mol. The molecule has 1 aromatic rings. The second-order valence-corrected chi connectivity index (χ2v) is 4.20. The maximum absolute atomic E-state index is 12.2. The Morgan fingerprint density at radius 1 is 1.41 bits per heavy atom. The summed E-state index contributed by atoms with van der Waals surface area (Å²) >= 11 is 0. The molecule has 5 nitrogen and oxygen atoms in total. The molecular weight excluding hydrogens is 239 g/mol. The summed E-state index contributed by atoms with van der Waals surface area (Å²) in [4.78, 5) is 3.22. The van der Waals surface area contributed by atoms with Crippen molar-refractivity contribution in [2.45, 2.75) is 38.6 Å². The first-order valence-corrected chi connectivity index (χ1v) is 4.95. The Kier molecular flexibility index (Phi) is 3.78. The first kappa shape index (κ1) is 13.9. The van der Waals surface area contributed by atoms with Gasteiger partial charge in [-0.25, -0.2) is 0 Å². The van der Waals surface area contributed by atoms with Crippen molar-refractivity contribution in [1.29, 1.82) is 0 Å². The van der Waals surface area contributed by atoms with Crippen molar-refractivity contribution < 1.29 is 22.4 Å². The van der Waals surface area contributed by atoms with E-state index in [0.717, 1.165) is 0 Å². The van der Waals surface area contributed by atoms with Gasteiger partial charge in [0.2, 0.25) is 0 Å². The molecule has 8 heteroatoms. The van der Waals surface area contributed by atoms with Gasteiger partial charge in [0, 0.05) is 0 Å². The van der Waals surface area contributed by atoms with Crippen molar-refractivity contribution in [3.05, 3.63) is 11.7 Å². The van der Waals surface area contributed by atoms with Gasteiger partial charge < -0.3 is 15.0 Å². The van der Waals surface area contributed by atoms with Gasteiger partial charge in [0.05, 0.1) is 12.7 Å². The number of hydrogen-bond acceptors (Lipinski definition) is 5. The van der Waals surface area contributed by atoms with Crippen LogP contribution in [0.25, 0.3) is 0 Å². The summed E-state index contributed by atoms with van der Waals surface area (Å²) in [5.41, 5.74) is 4.54. The van der Waals surface area contributed by atoms with E-state index in [4.69, 9.17) is 10.5 Å². The molecule has 1 atom stereocenters. The number of ether oxygens (including phenoxy) is 1. The number of halogens is 3. The van der Waals surface area contributed by atoms with Gasteiger partial charge in [0.15, 0.2) is 5.82 Å². The van der Waals surface area contributed by atoms with Gasteiger partial charge in [-0.2, -0.15) is 18.2 Å². The minimum atomic E-state index is -4.67. The molecule has 0 aliphatic carbocycles. The zero-order valence-electron chi connectivity index (χ0n) is 9.71. The van der Waals surface area contributed by atoms with E-state index in [1.165, 1.54) is 6.92 Å². The largest absolute Gasteiger partial charge is 0.471 e. The molecule has 1 rings (SSSR count). The smallest absolute Gasteiger partial charge is 0.376 e. The Morgan fingerprint density at radius 3 is 2.41 bits per heavy atom. The molecule has 0 aliphatic heterocycles. The zero-order chi connectivity index (χ0) is 13.3. The molecule has 0 aromatic carbocycles. The van der Waals surface area contributed by atoms with E-state index in [9.17, 15) is 13.2 Å². The SMILES string of the molecule is CC(C)OCC(C)(N)c1noc(C(F)(F)F)n1. The molecule has 0 aliphatic rings. The summed E-state index contributed by atoms with van der Waals surface area (Å²) < 4.78 is 46.0. The lowest BCUT2D eigenvalue weighted by Crippen LogP contribution is -2.40. The number of nitrogens with zero attached hydrogens (tertiary/aromatic N) is 2. The molecule has 1 heterocycles. The lowest BCUT2D eigenvalue weighted by molar-refractivity contribution is -0.159. The molecular formula is C9H14F3N3O2. The molecule has 17 heavy (non-hydrogen) atoms. The van der Waals surface area contributed by atoms with E-state index in [2.05, 4.69) is 14.7 Å². The summed E-state index contributed by atoms with van der Waals surface area (Å²) in [5, 5.41) is 3.22. The summed E-state index contributed by atoms with van der Waals surface area (Å²) in [6.45, 7) is 5.04. The molecule has 0 amide bonds. The third-order valence-electron chi connectivity index (χ3n) is 1.90.